The Bertz CT molecular complexity index is 883. The van der Waals surface area contributed by atoms with Gasteiger partial charge in [-0.15, -0.1) is 0 Å². The fourth-order valence-electron chi connectivity index (χ4n) is 4.75. The van der Waals surface area contributed by atoms with E-state index >= 15 is 0 Å². The molecule has 1 aromatic carbocycles. The van der Waals surface area contributed by atoms with Crippen molar-refractivity contribution >= 4 is 11.8 Å². The minimum Gasteiger partial charge on any atom is -0.390 e. The van der Waals surface area contributed by atoms with E-state index in [0.717, 1.165) is 41.2 Å². The zero-order valence-corrected chi connectivity index (χ0v) is 14.3. The molecule has 1 N–H and O–H groups in total. The summed E-state index contributed by atoms with van der Waals surface area (Å²) in [6.45, 7) is 0.374. The predicted octanol–water partition coefficient (Wildman–Crippen LogP) is 2.74. The van der Waals surface area contributed by atoms with Gasteiger partial charge >= 0.3 is 0 Å². The summed E-state index contributed by atoms with van der Waals surface area (Å²) in [5.74, 6) is 0.609. The van der Waals surface area contributed by atoms with Crippen LogP contribution < -0.4 is 5.56 Å². The monoisotopic (exact) mass is 340 g/mol. The minimum absolute atomic E-state index is 0.0527. The molecule has 5 heteroatoms. The number of fused-ring (bicyclic) bond motifs is 5. The molecule has 1 aliphatic heterocycles. The Hall–Kier alpha value is -1.59. The molecule has 1 fully saturated rings. The fourth-order valence-corrected chi connectivity index (χ4v) is 5.67. The maximum Gasteiger partial charge on any atom is 0.258 e. The van der Waals surface area contributed by atoms with E-state index in [1.165, 1.54) is 30.2 Å². The van der Waals surface area contributed by atoms with Crippen LogP contribution in [0.25, 0.3) is 11.3 Å². The molecule has 4 nitrogen and oxygen atoms in total. The highest BCUT2D eigenvalue weighted by atomic mass is 32.2. The van der Waals surface area contributed by atoms with Gasteiger partial charge in [0.25, 0.3) is 5.56 Å². The molecule has 0 unspecified atom stereocenters. The number of aliphatic hydroxyl groups excluding tert-OH is 1. The largest absolute Gasteiger partial charge is 0.390 e. The summed E-state index contributed by atoms with van der Waals surface area (Å²) < 4.78 is 1.71. The Balaban J connectivity index is 1.83. The molecular formula is C19H20N2O2S. The van der Waals surface area contributed by atoms with Crippen LogP contribution >= 0.6 is 11.8 Å². The lowest BCUT2D eigenvalue weighted by Gasteiger charge is -2.37. The van der Waals surface area contributed by atoms with Crippen LogP contribution in [0.1, 0.15) is 36.8 Å². The summed E-state index contributed by atoms with van der Waals surface area (Å²) in [6.07, 6.45) is 4.98. The average Bonchev–Trinajstić information content (AvgIpc) is 3.04. The van der Waals surface area contributed by atoms with E-state index in [-0.39, 0.29) is 11.0 Å². The third-order valence-corrected chi connectivity index (χ3v) is 6.95. The van der Waals surface area contributed by atoms with Gasteiger partial charge in [0.05, 0.1) is 23.9 Å². The number of nitrogens with zero attached hydrogens (tertiary/aromatic N) is 2. The summed E-state index contributed by atoms with van der Waals surface area (Å²) in [5.41, 5.74) is 4.29. The molecule has 2 aliphatic carbocycles. The van der Waals surface area contributed by atoms with Crippen molar-refractivity contribution in [3.8, 4) is 11.3 Å². The zero-order valence-electron chi connectivity index (χ0n) is 13.5. The van der Waals surface area contributed by atoms with Crippen LogP contribution in [0.4, 0.5) is 0 Å². The van der Waals surface area contributed by atoms with Crippen molar-refractivity contribution in [2.45, 2.75) is 55.3 Å². The van der Waals surface area contributed by atoms with Gasteiger partial charge in [-0.05, 0) is 24.8 Å². The lowest BCUT2D eigenvalue weighted by molar-refractivity contribution is 0.166. The van der Waals surface area contributed by atoms with Crippen LogP contribution in [0.5, 0.6) is 0 Å². The van der Waals surface area contributed by atoms with Gasteiger partial charge in [0.2, 0.25) is 0 Å². The topological polar surface area (TPSA) is 55.1 Å². The number of thioether (sulfide) groups is 1. The van der Waals surface area contributed by atoms with E-state index in [9.17, 15) is 9.90 Å². The minimum atomic E-state index is -0.463. The highest BCUT2D eigenvalue weighted by Gasteiger charge is 2.44. The molecular weight excluding hydrogens is 320 g/mol. The van der Waals surface area contributed by atoms with Crippen molar-refractivity contribution in [1.82, 2.24) is 9.55 Å². The first-order valence-corrected chi connectivity index (χ1v) is 9.71. The van der Waals surface area contributed by atoms with E-state index in [4.69, 9.17) is 4.98 Å². The van der Waals surface area contributed by atoms with Crippen LogP contribution in [0.2, 0.25) is 0 Å². The number of hydrogen-bond acceptors (Lipinski definition) is 4. The summed E-state index contributed by atoms with van der Waals surface area (Å²) in [6, 6.07) is 8.41. The Morgan fingerprint density at radius 1 is 1.25 bits per heavy atom. The maximum absolute atomic E-state index is 13.4. The number of rotatable bonds is 0. The van der Waals surface area contributed by atoms with E-state index in [1.54, 1.807) is 4.57 Å². The van der Waals surface area contributed by atoms with Gasteiger partial charge in [-0.2, -0.15) is 0 Å². The van der Waals surface area contributed by atoms with Crippen molar-refractivity contribution in [2.24, 2.45) is 0 Å². The lowest BCUT2D eigenvalue weighted by atomic mass is 9.68. The summed E-state index contributed by atoms with van der Waals surface area (Å²) in [7, 11) is 0. The van der Waals surface area contributed by atoms with Gasteiger partial charge in [0, 0.05) is 16.7 Å². The van der Waals surface area contributed by atoms with Gasteiger partial charge in [-0.1, -0.05) is 48.9 Å². The highest BCUT2D eigenvalue weighted by molar-refractivity contribution is 7.99. The summed E-state index contributed by atoms with van der Waals surface area (Å²) in [5, 5.41) is 10.7. The molecule has 5 rings (SSSR count). The summed E-state index contributed by atoms with van der Waals surface area (Å²) >= 11 is 1.49. The Labute approximate surface area is 144 Å². The standard InChI is InChI=1S/C19H20N2O2S/c22-13-10-21-17(23)15-16(20-18(21)24-11-13)14-6-2-1-5-12(14)9-19(15)7-3-4-8-19/h1-2,5-6,13,22H,3-4,7-11H2/t13-/m0/s1. The second-order valence-electron chi connectivity index (χ2n) is 7.32. The maximum atomic E-state index is 13.4. The van der Waals surface area contributed by atoms with Crippen LogP contribution in [0.15, 0.2) is 34.2 Å². The molecule has 0 amide bonds. The average molecular weight is 340 g/mol. The first kappa shape index (κ1) is 14.7. The van der Waals surface area contributed by atoms with E-state index in [1.807, 2.05) is 6.07 Å². The third kappa shape index (κ3) is 1.97. The number of aliphatic hydroxyl groups is 1. The molecule has 1 atom stereocenters. The predicted molar refractivity (Wildman–Crippen MR) is 94.5 cm³/mol. The van der Waals surface area contributed by atoms with Crippen molar-refractivity contribution in [3.63, 3.8) is 0 Å². The smallest absolute Gasteiger partial charge is 0.258 e. The molecule has 0 saturated heterocycles. The molecule has 1 spiro atoms. The van der Waals surface area contributed by atoms with Crippen LogP contribution in [-0.4, -0.2) is 26.5 Å². The molecule has 124 valence electrons. The molecule has 3 aliphatic rings. The van der Waals surface area contributed by atoms with E-state index in [0.29, 0.717) is 12.3 Å². The van der Waals surface area contributed by atoms with Crippen molar-refractivity contribution in [2.75, 3.05) is 5.75 Å². The molecule has 2 aromatic rings. The molecule has 0 radical (unpaired) electrons. The number of benzene rings is 1. The van der Waals surface area contributed by atoms with Gasteiger partial charge < -0.3 is 5.11 Å². The zero-order chi connectivity index (χ0) is 16.3. The Morgan fingerprint density at radius 3 is 2.88 bits per heavy atom. The Kier molecular flexibility index (Phi) is 3.19. The van der Waals surface area contributed by atoms with Gasteiger partial charge in [-0.25, -0.2) is 4.98 Å². The summed E-state index contributed by atoms with van der Waals surface area (Å²) in [4.78, 5) is 18.3. The Morgan fingerprint density at radius 2 is 2.04 bits per heavy atom. The van der Waals surface area contributed by atoms with Crippen LogP contribution in [0, 0.1) is 0 Å². The van der Waals surface area contributed by atoms with Gasteiger partial charge in [0.1, 0.15) is 0 Å². The highest BCUT2D eigenvalue weighted by Crippen LogP contribution is 2.50. The fraction of sp³-hybridized carbons (Fsp3) is 0.474. The molecule has 1 aromatic heterocycles. The SMILES string of the molecule is O=c1c2c(nc3n1C[C@H](O)CS3)-c1ccccc1CC21CCCC1. The molecule has 2 heterocycles. The molecule has 1 saturated carbocycles. The van der Waals surface area contributed by atoms with Crippen molar-refractivity contribution in [1.29, 1.82) is 0 Å². The first-order valence-electron chi connectivity index (χ1n) is 8.72. The number of hydrogen-bond donors (Lipinski definition) is 1. The van der Waals surface area contributed by atoms with E-state index < -0.39 is 6.10 Å². The molecule has 24 heavy (non-hydrogen) atoms. The van der Waals surface area contributed by atoms with Gasteiger partial charge in [-0.3, -0.25) is 9.36 Å². The van der Waals surface area contributed by atoms with Crippen LogP contribution in [-0.2, 0) is 18.4 Å². The second-order valence-corrected chi connectivity index (χ2v) is 8.31. The van der Waals surface area contributed by atoms with Crippen molar-refractivity contribution < 1.29 is 5.11 Å². The quantitative estimate of drug-likeness (QED) is 0.749. The normalized spacial score (nSPS) is 23.6. The second kappa shape index (κ2) is 5.20. The number of aromatic nitrogens is 2. The first-order chi connectivity index (χ1) is 11.7. The van der Waals surface area contributed by atoms with Gasteiger partial charge in [0.15, 0.2) is 5.16 Å². The molecule has 0 bridgehead atoms. The third-order valence-electron chi connectivity index (χ3n) is 5.82. The lowest BCUT2D eigenvalue weighted by Crippen LogP contribution is -2.43. The van der Waals surface area contributed by atoms with Crippen LogP contribution in [0.3, 0.4) is 0 Å². The van der Waals surface area contributed by atoms with E-state index in [2.05, 4.69) is 18.2 Å². The van der Waals surface area contributed by atoms with Crippen molar-refractivity contribution in [3.05, 3.63) is 45.7 Å².